The molecule has 0 unspecified atom stereocenters. The third-order valence-electron chi connectivity index (χ3n) is 3.02. The summed E-state index contributed by atoms with van der Waals surface area (Å²) in [5, 5.41) is 36.0. The lowest BCUT2D eigenvalue weighted by atomic mass is 9.94. The molecule has 0 spiro atoms. The van der Waals surface area contributed by atoms with Crippen LogP contribution < -0.4 is 0 Å². The van der Waals surface area contributed by atoms with Crippen molar-refractivity contribution in [3.8, 4) is 0 Å². The van der Waals surface area contributed by atoms with Crippen LogP contribution in [0.4, 0.5) is 0 Å². The van der Waals surface area contributed by atoms with Gasteiger partial charge in [0.25, 0.3) is 0 Å². The van der Waals surface area contributed by atoms with E-state index in [-0.39, 0.29) is 10.8 Å². The molecule has 0 radical (unpaired) electrons. The van der Waals surface area contributed by atoms with E-state index in [1.165, 1.54) is 0 Å². The maximum absolute atomic E-state index is 11.3. The van der Waals surface area contributed by atoms with Gasteiger partial charge in [0.15, 0.2) is 0 Å². The lowest BCUT2D eigenvalue weighted by Gasteiger charge is -2.09. The normalized spacial score (nSPS) is 10.4. The number of rotatable bonds is 4. The van der Waals surface area contributed by atoms with Gasteiger partial charge in [-0.25, -0.2) is 19.2 Å². The second-order valence-corrected chi connectivity index (χ2v) is 4.36. The molecule has 2 rings (SSSR count). The average molecular weight is 304 g/mol. The fourth-order valence-electron chi connectivity index (χ4n) is 2.06. The van der Waals surface area contributed by atoms with Crippen LogP contribution in [0.15, 0.2) is 24.3 Å². The molecule has 0 saturated heterocycles. The van der Waals surface area contributed by atoms with E-state index < -0.39 is 46.1 Å². The summed E-state index contributed by atoms with van der Waals surface area (Å²) in [6, 6.07) is 3.70. The highest BCUT2D eigenvalue weighted by molar-refractivity contribution is 6.14. The Morgan fingerprint density at radius 2 is 0.864 bits per heavy atom. The van der Waals surface area contributed by atoms with Gasteiger partial charge in [-0.1, -0.05) is 0 Å². The number of carbonyl (C=O) groups is 4. The predicted molar refractivity (Wildman–Crippen MR) is 71.8 cm³/mol. The van der Waals surface area contributed by atoms with Crippen molar-refractivity contribution < 1.29 is 39.6 Å². The van der Waals surface area contributed by atoms with Gasteiger partial charge in [-0.05, 0) is 35.0 Å². The van der Waals surface area contributed by atoms with Crippen LogP contribution in [0.3, 0.4) is 0 Å². The van der Waals surface area contributed by atoms with E-state index in [1.54, 1.807) is 0 Å². The summed E-state index contributed by atoms with van der Waals surface area (Å²) >= 11 is 0. The summed E-state index contributed by atoms with van der Waals surface area (Å²) in [5.41, 5.74) is -1.79. The average Bonchev–Trinajstić information content (AvgIpc) is 2.44. The van der Waals surface area contributed by atoms with Gasteiger partial charge in [-0.3, -0.25) is 0 Å². The van der Waals surface area contributed by atoms with E-state index in [0.717, 1.165) is 24.3 Å². The second-order valence-electron chi connectivity index (χ2n) is 4.36. The highest BCUT2D eigenvalue weighted by Gasteiger charge is 2.20. The van der Waals surface area contributed by atoms with Crippen LogP contribution in [-0.2, 0) is 0 Å². The van der Waals surface area contributed by atoms with Crippen molar-refractivity contribution in [1.29, 1.82) is 0 Å². The Morgan fingerprint density at radius 3 is 1.09 bits per heavy atom. The van der Waals surface area contributed by atoms with Crippen molar-refractivity contribution in [1.82, 2.24) is 0 Å². The van der Waals surface area contributed by atoms with Crippen molar-refractivity contribution in [3.63, 3.8) is 0 Å². The SMILES string of the molecule is O=C(O)c1cc(C(=O)O)c2cc(C(=O)O)cc(C(=O)O)c2c1. The molecule has 2 aromatic carbocycles. The molecule has 2 aromatic rings. The minimum absolute atomic E-state index is 0.158. The van der Waals surface area contributed by atoms with E-state index >= 15 is 0 Å². The molecule has 0 atom stereocenters. The number of benzene rings is 2. The summed E-state index contributed by atoms with van der Waals surface area (Å²) in [6.45, 7) is 0. The first kappa shape index (κ1) is 15.0. The summed E-state index contributed by atoms with van der Waals surface area (Å²) in [6.07, 6.45) is 0. The molecule has 0 heterocycles. The molecule has 4 N–H and O–H groups in total. The van der Waals surface area contributed by atoms with E-state index in [1.807, 2.05) is 0 Å². The zero-order valence-electron chi connectivity index (χ0n) is 10.7. The van der Waals surface area contributed by atoms with Crippen LogP contribution in [0, 0.1) is 0 Å². The molecule has 0 fully saturated rings. The molecule has 0 aromatic heterocycles. The van der Waals surface area contributed by atoms with Gasteiger partial charge >= 0.3 is 23.9 Å². The summed E-state index contributed by atoms with van der Waals surface area (Å²) in [4.78, 5) is 44.6. The Hall–Kier alpha value is -3.42. The van der Waals surface area contributed by atoms with Gasteiger partial charge in [-0.2, -0.15) is 0 Å². The zero-order chi connectivity index (χ0) is 16.6. The van der Waals surface area contributed by atoms with Crippen LogP contribution in [0.25, 0.3) is 10.8 Å². The van der Waals surface area contributed by atoms with E-state index in [9.17, 15) is 19.2 Å². The minimum Gasteiger partial charge on any atom is -0.478 e. The van der Waals surface area contributed by atoms with Crippen LogP contribution >= 0.6 is 0 Å². The molecule has 8 nitrogen and oxygen atoms in total. The van der Waals surface area contributed by atoms with Crippen LogP contribution in [-0.4, -0.2) is 44.3 Å². The first-order valence-electron chi connectivity index (χ1n) is 5.77. The summed E-state index contributed by atoms with van der Waals surface area (Å²) < 4.78 is 0. The second kappa shape index (κ2) is 5.17. The summed E-state index contributed by atoms with van der Waals surface area (Å²) in [5.74, 6) is -5.84. The van der Waals surface area contributed by atoms with Crippen molar-refractivity contribution in [2.24, 2.45) is 0 Å². The quantitative estimate of drug-likeness (QED) is 0.665. The molecular weight excluding hydrogens is 296 g/mol. The largest absolute Gasteiger partial charge is 0.478 e. The van der Waals surface area contributed by atoms with Gasteiger partial charge in [0.1, 0.15) is 0 Å². The van der Waals surface area contributed by atoms with E-state index in [0.29, 0.717) is 0 Å². The minimum atomic E-state index is -1.49. The molecular formula is C14H8O8. The maximum Gasteiger partial charge on any atom is 0.336 e. The topological polar surface area (TPSA) is 149 Å². The Bertz CT molecular complexity index is 778. The third-order valence-corrected chi connectivity index (χ3v) is 3.02. The Kier molecular flexibility index (Phi) is 3.52. The lowest BCUT2D eigenvalue weighted by molar-refractivity contribution is 0.0674. The van der Waals surface area contributed by atoms with Gasteiger partial charge in [0.2, 0.25) is 0 Å². The maximum atomic E-state index is 11.3. The molecule has 0 aliphatic carbocycles. The van der Waals surface area contributed by atoms with E-state index in [4.69, 9.17) is 20.4 Å². The van der Waals surface area contributed by atoms with Crippen LogP contribution in [0.1, 0.15) is 41.4 Å². The molecule has 0 amide bonds. The van der Waals surface area contributed by atoms with Crippen molar-refractivity contribution >= 4 is 34.6 Å². The van der Waals surface area contributed by atoms with Crippen LogP contribution in [0.5, 0.6) is 0 Å². The molecule has 0 bridgehead atoms. The first-order valence-corrected chi connectivity index (χ1v) is 5.77. The Morgan fingerprint density at radius 1 is 0.545 bits per heavy atom. The number of hydrogen-bond acceptors (Lipinski definition) is 4. The fourth-order valence-corrected chi connectivity index (χ4v) is 2.06. The number of carboxylic acid groups (broad SMARTS) is 4. The highest BCUT2D eigenvalue weighted by Crippen LogP contribution is 2.27. The van der Waals surface area contributed by atoms with Gasteiger partial charge in [-0.15, -0.1) is 0 Å². The number of fused-ring (bicyclic) bond motifs is 1. The van der Waals surface area contributed by atoms with Gasteiger partial charge in [0, 0.05) is 0 Å². The Balaban J connectivity index is 3.03. The molecule has 0 aliphatic heterocycles. The molecule has 22 heavy (non-hydrogen) atoms. The standard InChI is InChI=1S/C14H8O8/c15-11(16)5-1-7-8(10(3-5)14(21)22)2-6(12(17)18)4-9(7)13(19)20/h1-4H,(H,15,16)(H,17,18)(H,19,20)(H,21,22). The first-order chi connectivity index (χ1) is 10.2. The lowest BCUT2D eigenvalue weighted by Crippen LogP contribution is -2.08. The van der Waals surface area contributed by atoms with Crippen molar-refractivity contribution in [2.45, 2.75) is 0 Å². The third kappa shape index (κ3) is 2.44. The van der Waals surface area contributed by atoms with Crippen molar-refractivity contribution in [3.05, 3.63) is 46.5 Å². The van der Waals surface area contributed by atoms with Crippen molar-refractivity contribution in [2.75, 3.05) is 0 Å². The zero-order valence-corrected chi connectivity index (χ0v) is 10.7. The number of carboxylic acids is 4. The highest BCUT2D eigenvalue weighted by atomic mass is 16.4. The number of aromatic carboxylic acids is 4. The Labute approximate surface area is 121 Å². The predicted octanol–water partition coefficient (Wildman–Crippen LogP) is 1.63. The summed E-state index contributed by atoms with van der Waals surface area (Å²) in [7, 11) is 0. The number of hydrogen-bond donors (Lipinski definition) is 4. The molecule has 8 heteroatoms. The smallest absolute Gasteiger partial charge is 0.336 e. The van der Waals surface area contributed by atoms with Crippen LogP contribution in [0.2, 0.25) is 0 Å². The van der Waals surface area contributed by atoms with E-state index in [2.05, 4.69) is 0 Å². The van der Waals surface area contributed by atoms with Gasteiger partial charge < -0.3 is 20.4 Å². The van der Waals surface area contributed by atoms with Gasteiger partial charge in [0.05, 0.1) is 22.3 Å². The molecule has 0 aliphatic rings. The molecule has 112 valence electrons. The molecule has 0 saturated carbocycles. The monoisotopic (exact) mass is 304 g/mol. The fraction of sp³-hybridized carbons (Fsp3) is 0.